The molecule has 4 nitrogen and oxygen atoms in total. The highest BCUT2D eigenvalue weighted by Crippen LogP contribution is 1.88. The van der Waals surface area contributed by atoms with Gasteiger partial charge in [0.1, 0.15) is 0 Å². The molecule has 0 saturated carbocycles. The van der Waals surface area contributed by atoms with Crippen LogP contribution in [0.1, 0.15) is 18.9 Å². The van der Waals surface area contributed by atoms with Gasteiger partial charge in [-0.2, -0.15) is 8.42 Å². The number of hydrogen-bond donors (Lipinski definition) is 1. The number of nitrogens with zero attached hydrogens (tertiary/aromatic N) is 1. The Morgan fingerprint density at radius 1 is 1.37 bits per heavy atom. The predicted octanol–water partition coefficient (Wildman–Crippen LogP) is 0.925. The number of hydrogen-bond acceptors (Lipinski definition) is 3. The van der Waals surface area contributed by atoms with Crippen LogP contribution in [0.2, 0.25) is 0 Å². The largest absolute Gasteiger partial charge is 0.293 e. The van der Waals surface area contributed by atoms with Crippen molar-refractivity contribution in [2.45, 2.75) is 20.3 Å². The lowest BCUT2D eigenvalue weighted by molar-refractivity contribution is 0.481. The Labute approximate surface area is 113 Å². The third-order valence-electron chi connectivity index (χ3n) is 2.70. The molecule has 0 aliphatic carbocycles. The molecular weight excluding hydrogens is 262 g/mol. The molecule has 0 aromatic heterocycles. The Morgan fingerprint density at radius 3 is 2.74 bits per heavy atom. The molecule has 1 aromatic carbocycles. The standard InChI is InChI=1S/C14H19NO3S/c1-3-13-7-4-6-12(2)14(13)8-10-15-9-5-11-19(16,17)18/h3-4,6-8,10H,5,9,11H2,1-2H3,(H,16,17,18)/b13-3-,14-8-,15-10?. The van der Waals surface area contributed by atoms with Gasteiger partial charge in [-0.3, -0.25) is 9.55 Å². The smallest absolute Gasteiger partial charge is 0.264 e. The van der Waals surface area contributed by atoms with Crippen LogP contribution in [0.15, 0.2) is 23.2 Å². The van der Waals surface area contributed by atoms with Crippen LogP contribution in [0, 0.1) is 6.92 Å². The van der Waals surface area contributed by atoms with Crippen LogP contribution in [-0.2, 0) is 10.1 Å². The molecule has 104 valence electrons. The van der Waals surface area contributed by atoms with E-state index in [1.807, 2.05) is 44.2 Å². The van der Waals surface area contributed by atoms with Crippen molar-refractivity contribution >= 4 is 28.5 Å². The summed E-state index contributed by atoms with van der Waals surface area (Å²) in [5, 5.41) is 2.26. The van der Waals surface area contributed by atoms with E-state index in [0.717, 1.165) is 10.4 Å². The Bertz CT molecular complexity index is 660. The van der Waals surface area contributed by atoms with Gasteiger partial charge in [0.2, 0.25) is 0 Å². The summed E-state index contributed by atoms with van der Waals surface area (Å²) >= 11 is 0. The van der Waals surface area contributed by atoms with Crippen molar-refractivity contribution in [3.63, 3.8) is 0 Å². The van der Waals surface area contributed by atoms with E-state index in [1.165, 1.54) is 5.56 Å². The number of benzene rings is 1. The van der Waals surface area contributed by atoms with Crippen LogP contribution < -0.4 is 10.4 Å². The van der Waals surface area contributed by atoms with E-state index in [0.29, 0.717) is 13.0 Å². The third-order valence-corrected chi connectivity index (χ3v) is 3.51. The summed E-state index contributed by atoms with van der Waals surface area (Å²) in [6, 6.07) is 6.07. The zero-order chi connectivity index (χ0) is 14.3. The van der Waals surface area contributed by atoms with E-state index < -0.39 is 10.1 Å². The molecule has 1 aromatic rings. The molecule has 0 unspecified atom stereocenters. The number of rotatable bonds is 5. The van der Waals surface area contributed by atoms with E-state index in [-0.39, 0.29) is 5.75 Å². The minimum Gasteiger partial charge on any atom is -0.293 e. The van der Waals surface area contributed by atoms with Gasteiger partial charge in [-0.05, 0) is 42.3 Å². The van der Waals surface area contributed by atoms with Gasteiger partial charge in [0, 0.05) is 12.8 Å². The van der Waals surface area contributed by atoms with Crippen LogP contribution >= 0.6 is 0 Å². The predicted molar refractivity (Wildman–Crippen MR) is 79.4 cm³/mol. The summed E-state index contributed by atoms with van der Waals surface area (Å²) in [5.74, 6) is -0.247. The highest BCUT2D eigenvalue weighted by atomic mass is 32.2. The summed E-state index contributed by atoms with van der Waals surface area (Å²) in [7, 11) is -3.87. The molecular formula is C14H19NO3S. The van der Waals surface area contributed by atoms with Gasteiger partial charge < -0.3 is 0 Å². The first kappa shape index (κ1) is 15.6. The fraction of sp³-hybridized carbons (Fsp3) is 0.357. The highest BCUT2D eigenvalue weighted by Gasteiger charge is 2.01. The van der Waals surface area contributed by atoms with Gasteiger partial charge in [-0.1, -0.05) is 24.3 Å². The lowest BCUT2D eigenvalue weighted by Crippen LogP contribution is -2.26. The molecule has 0 bridgehead atoms. The fourth-order valence-corrected chi connectivity index (χ4v) is 2.22. The van der Waals surface area contributed by atoms with Crippen LogP contribution in [0.5, 0.6) is 0 Å². The molecule has 0 atom stereocenters. The molecule has 5 heteroatoms. The van der Waals surface area contributed by atoms with Crippen LogP contribution in [-0.4, -0.2) is 31.5 Å². The molecule has 0 radical (unpaired) electrons. The molecule has 19 heavy (non-hydrogen) atoms. The maximum absolute atomic E-state index is 10.5. The first-order chi connectivity index (χ1) is 8.94. The van der Waals surface area contributed by atoms with E-state index in [9.17, 15) is 8.42 Å². The summed E-state index contributed by atoms with van der Waals surface area (Å²) in [6.45, 7) is 4.40. The minimum atomic E-state index is -3.87. The van der Waals surface area contributed by atoms with Crippen LogP contribution in [0.3, 0.4) is 0 Å². The molecule has 0 spiro atoms. The van der Waals surface area contributed by atoms with Gasteiger partial charge in [0.15, 0.2) is 0 Å². The van der Waals surface area contributed by atoms with Crippen LogP contribution in [0.25, 0.3) is 12.2 Å². The second-order valence-corrected chi connectivity index (χ2v) is 5.80. The second kappa shape index (κ2) is 7.21. The van der Waals surface area contributed by atoms with Crippen molar-refractivity contribution in [2.75, 3.05) is 12.3 Å². The molecule has 0 aliphatic rings. The molecule has 0 saturated heterocycles. The zero-order valence-corrected chi connectivity index (χ0v) is 12.0. The summed E-state index contributed by atoms with van der Waals surface area (Å²) in [4.78, 5) is 4.12. The molecule has 1 rings (SSSR count). The summed E-state index contributed by atoms with van der Waals surface area (Å²) in [6.07, 6.45) is 5.95. The van der Waals surface area contributed by atoms with Gasteiger partial charge in [-0.15, -0.1) is 0 Å². The maximum Gasteiger partial charge on any atom is 0.264 e. The molecule has 0 amide bonds. The quantitative estimate of drug-likeness (QED) is 0.496. The first-order valence-corrected chi connectivity index (χ1v) is 7.72. The lowest BCUT2D eigenvalue weighted by atomic mass is 10.1. The molecule has 0 fully saturated rings. The van der Waals surface area contributed by atoms with E-state index in [4.69, 9.17) is 4.55 Å². The second-order valence-electron chi connectivity index (χ2n) is 4.23. The van der Waals surface area contributed by atoms with Crippen LogP contribution in [0.4, 0.5) is 0 Å². The van der Waals surface area contributed by atoms with Gasteiger partial charge in [0.05, 0.1) is 5.75 Å². The van der Waals surface area contributed by atoms with Crippen molar-refractivity contribution in [1.82, 2.24) is 0 Å². The van der Waals surface area contributed by atoms with E-state index >= 15 is 0 Å². The van der Waals surface area contributed by atoms with E-state index in [2.05, 4.69) is 4.99 Å². The monoisotopic (exact) mass is 281 g/mol. The van der Waals surface area contributed by atoms with Crippen molar-refractivity contribution in [1.29, 1.82) is 0 Å². The number of aliphatic imine (C=N–C) groups is 1. The average molecular weight is 281 g/mol. The average Bonchev–Trinajstić information content (AvgIpc) is 2.33. The van der Waals surface area contributed by atoms with Crippen molar-refractivity contribution in [3.05, 3.63) is 34.2 Å². The first-order valence-electron chi connectivity index (χ1n) is 6.11. The molecule has 0 aliphatic heterocycles. The third kappa shape index (κ3) is 5.81. The number of aryl methyl sites for hydroxylation is 1. The zero-order valence-electron chi connectivity index (χ0n) is 11.2. The van der Waals surface area contributed by atoms with E-state index in [1.54, 1.807) is 6.21 Å². The fourth-order valence-electron chi connectivity index (χ4n) is 1.72. The minimum absolute atomic E-state index is 0.247. The Balaban J connectivity index is 2.73. The van der Waals surface area contributed by atoms with Gasteiger partial charge >= 0.3 is 0 Å². The Hall–Kier alpha value is -1.46. The topological polar surface area (TPSA) is 66.7 Å². The van der Waals surface area contributed by atoms with Gasteiger partial charge in [0.25, 0.3) is 10.1 Å². The highest BCUT2D eigenvalue weighted by molar-refractivity contribution is 7.85. The Morgan fingerprint density at radius 2 is 2.11 bits per heavy atom. The lowest BCUT2D eigenvalue weighted by Gasteiger charge is -1.95. The molecule has 0 heterocycles. The van der Waals surface area contributed by atoms with Crippen molar-refractivity contribution in [3.8, 4) is 0 Å². The Kier molecular flexibility index (Phi) is 5.92. The normalized spacial score (nSPS) is 14.5. The molecule has 1 N–H and O–H groups in total. The van der Waals surface area contributed by atoms with Crippen molar-refractivity contribution < 1.29 is 13.0 Å². The summed E-state index contributed by atoms with van der Waals surface area (Å²) in [5.41, 5.74) is 1.17. The van der Waals surface area contributed by atoms with Crippen molar-refractivity contribution in [2.24, 2.45) is 4.99 Å². The maximum atomic E-state index is 10.5. The SMILES string of the molecule is C/C=c1/cccc(C)/c1=C/C=NCCCS(=O)(=O)O. The van der Waals surface area contributed by atoms with Gasteiger partial charge in [-0.25, -0.2) is 0 Å². The summed E-state index contributed by atoms with van der Waals surface area (Å²) < 4.78 is 29.6.